The summed E-state index contributed by atoms with van der Waals surface area (Å²) in [7, 11) is 1.55. The Bertz CT molecular complexity index is 1520. The van der Waals surface area contributed by atoms with Crippen molar-refractivity contribution in [2.45, 2.75) is 32.5 Å². The van der Waals surface area contributed by atoms with Crippen molar-refractivity contribution in [1.82, 2.24) is 28.3 Å². The van der Waals surface area contributed by atoms with Crippen molar-refractivity contribution >= 4 is 28.7 Å². The van der Waals surface area contributed by atoms with Gasteiger partial charge in [-0.05, 0) is 17.0 Å². The molecule has 0 saturated heterocycles. The van der Waals surface area contributed by atoms with Crippen molar-refractivity contribution in [3.8, 4) is 22.8 Å². The fraction of sp³-hybridized carbons (Fsp3) is 0.240. The zero-order valence-corrected chi connectivity index (χ0v) is 20.5. The molecule has 3 aromatic heterocycles. The summed E-state index contributed by atoms with van der Waals surface area (Å²) in [5.41, 5.74) is 3.81. The third kappa shape index (κ3) is 4.66. The number of fused-ring (bicyclic) bond motifs is 1. The van der Waals surface area contributed by atoms with Crippen LogP contribution in [0, 0.1) is 0 Å². The quantitative estimate of drug-likeness (QED) is 0.289. The fourth-order valence-corrected chi connectivity index (χ4v) is 4.46. The third-order valence-electron chi connectivity index (χ3n) is 5.79. The van der Waals surface area contributed by atoms with E-state index in [1.165, 1.54) is 4.57 Å². The molecule has 5 aromatic rings. The Kier molecular flexibility index (Phi) is 6.17. The average molecular weight is 510 g/mol. The van der Waals surface area contributed by atoms with Gasteiger partial charge in [-0.1, -0.05) is 62.4 Å². The number of aromatic nitrogens is 6. The molecule has 36 heavy (non-hydrogen) atoms. The van der Waals surface area contributed by atoms with Crippen LogP contribution in [0.5, 0.6) is 0 Å². The largest absolute Gasteiger partial charge is 0.434 e. The number of nitrogens with zero attached hydrogens (tertiary/aromatic N) is 6. The van der Waals surface area contributed by atoms with Crippen LogP contribution in [0.3, 0.4) is 0 Å². The molecule has 3 heterocycles. The maximum absolute atomic E-state index is 13.0. The van der Waals surface area contributed by atoms with Crippen molar-refractivity contribution < 1.29 is 13.2 Å². The maximum atomic E-state index is 13.0. The van der Waals surface area contributed by atoms with Crippen molar-refractivity contribution in [2.24, 2.45) is 7.05 Å². The van der Waals surface area contributed by atoms with Crippen LogP contribution in [0.15, 0.2) is 54.7 Å². The van der Waals surface area contributed by atoms with Gasteiger partial charge in [-0.25, -0.2) is 15.0 Å². The van der Waals surface area contributed by atoms with Crippen molar-refractivity contribution in [3.63, 3.8) is 0 Å². The molecule has 0 unspecified atom stereocenters. The van der Waals surface area contributed by atoms with E-state index in [1.807, 2.05) is 30.3 Å². The molecule has 11 heteroatoms. The maximum Gasteiger partial charge on any atom is 0.434 e. The van der Waals surface area contributed by atoms with Gasteiger partial charge in [-0.3, -0.25) is 0 Å². The monoisotopic (exact) mass is 509 g/mol. The lowest BCUT2D eigenvalue weighted by molar-refractivity contribution is -0.140. The Morgan fingerprint density at radius 1 is 0.972 bits per heavy atom. The first-order valence-electron chi connectivity index (χ1n) is 11.2. The second-order valence-electron chi connectivity index (χ2n) is 8.68. The number of aryl methyl sites for hydroxylation is 1. The number of imidazole rings is 1. The van der Waals surface area contributed by atoms with E-state index in [2.05, 4.69) is 43.9 Å². The van der Waals surface area contributed by atoms with E-state index in [-0.39, 0.29) is 5.82 Å². The first kappa shape index (κ1) is 23.9. The summed E-state index contributed by atoms with van der Waals surface area (Å²) in [4.78, 5) is 13.2. The first-order chi connectivity index (χ1) is 17.2. The van der Waals surface area contributed by atoms with Gasteiger partial charge in [0.2, 0.25) is 0 Å². The SMILES string of the molecule is CC(C)c1ccccc1-c1nc(NCc2ccc(-c3nc(C(F)(F)F)cn3C)cc2)c2nsnc2n1. The number of hydrogen-bond acceptors (Lipinski definition) is 7. The molecule has 0 radical (unpaired) electrons. The van der Waals surface area contributed by atoms with E-state index in [0.29, 0.717) is 40.8 Å². The third-order valence-corrected chi connectivity index (χ3v) is 6.31. The van der Waals surface area contributed by atoms with E-state index < -0.39 is 11.9 Å². The number of hydrogen-bond donors (Lipinski definition) is 1. The lowest BCUT2D eigenvalue weighted by Gasteiger charge is -2.13. The fourth-order valence-electron chi connectivity index (χ4n) is 3.97. The second kappa shape index (κ2) is 9.30. The number of anilines is 1. The molecular formula is C25H22F3N7S. The molecule has 0 atom stereocenters. The second-order valence-corrected chi connectivity index (χ2v) is 9.21. The van der Waals surface area contributed by atoms with Crippen molar-refractivity contribution in [1.29, 1.82) is 0 Å². The van der Waals surface area contributed by atoms with Crippen LogP contribution in [0.2, 0.25) is 0 Å². The standard InChI is InChI=1S/C25H22F3N7S/c1-14(2)17-6-4-5-7-18(17)21-31-22(20-23(32-21)34-36-33-20)29-12-15-8-10-16(11-9-15)24-30-19(13-35(24)3)25(26,27)28/h4-11,13-14H,12H2,1-3H3,(H,29,31,32,34). The summed E-state index contributed by atoms with van der Waals surface area (Å²) in [5, 5.41) is 3.33. The molecule has 0 bridgehead atoms. The number of alkyl halides is 3. The summed E-state index contributed by atoms with van der Waals surface area (Å²) >= 11 is 1.08. The molecule has 0 spiro atoms. The van der Waals surface area contributed by atoms with E-state index in [1.54, 1.807) is 19.2 Å². The van der Waals surface area contributed by atoms with Crippen LogP contribution in [-0.2, 0) is 19.8 Å². The minimum absolute atomic E-state index is 0.251. The summed E-state index contributed by atoms with van der Waals surface area (Å²) in [5.74, 6) is 1.70. The van der Waals surface area contributed by atoms with Crippen LogP contribution in [0.25, 0.3) is 33.9 Å². The molecule has 1 N–H and O–H groups in total. The molecule has 5 rings (SSSR count). The summed E-state index contributed by atoms with van der Waals surface area (Å²) < 4.78 is 49.1. The van der Waals surface area contributed by atoms with Crippen molar-refractivity contribution in [2.75, 3.05) is 5.32 Å². The van der Waals surface area contributed by atoms with Crippen LogP contribution in [-0.4, -0.2) is 28.3 Å². The average Bonchev–Trinajstić information content (AvgIpc) is 3.49. The lowest BCUT2D eigenvalue weighted by Crippen LogP contribution is -2.05. The summed E-state index contributed by atoms with van der Waals surface area (Å²) in [6.45, 7) is 4.68. The topological polar surface area (TPSA) is 81.4 Å². The highest BCUT2D eigenvalue weighted by atomic mass is 32.1. The van der Waals surface area contributed by atoms with Gasteiger partial charge < -0.3 is 9.88 Å². The molecule has 2 aromatic carbocycles. The van der Waals surface area contributed by atoms with Crippen LogP contribution < -0.4 is 5.32 Å². The highest BCUT2D eigenvalue weighted by molar-refractivity contribution is 7.00. The first-order valence-corrected chi connectivity index (χ1v) is 12.0. The van der Waals surface area contributed by atoms with E-state index in [9.17, 15) is 13.2 Å². The molecule has 0 fully saturated rings. The minimum Gasteiger partial charge on any atom is -0.364 e. The Labute approximate surface area is 209 Å². The molecule has 0 aliphatic carbocycles. The zero-order chi connectivity index (χ0) is 25.4. The zero-order valence-electron chi connectivity index (χ0n) is 19.7. The molecular weight excluding hydrogens is 487 g/mol. The van der Waals surface area contributed by atoms with Crippen molar-refractivity contribution in [3.05, 3.63) is 71.5 Å². The number of rotatable bonds is 6. The van der Waals surface area contributed by atoms with Crippen LogP contribution in [0.4, 0.5) is 19.0 Å². The van der Waals surface area contributed by atoms with Crippen LogP contribution in [0.1, 0.15) is 36.6 Å². The molecule has 7 nitrogen and oxygen atoms in total. The van der Waals surface area contributed by atoms with Gasteiger partial charge in [0.05, 0.1) is 11.7 Å². The van der Waals surface area contributed by atoms with Gasteiger partial charge in [0.15, 0.2) is 28.5 Å². The van der Waals surface area contributed by atoms with Gasteiger partial charge in [0, 0.05) is 30.9 Å². The van der Waals surface area contributed by atoms with E-state index in [0.717, 1.165) is 34.6 Å². The van der Waals surface area contributed by atoms with Gasteiger partial charge >= 0.3 is 6.18 Å². The molecule has 184 valence electrons. The van der Waals surface area contributed by atoms with Gasteiger partial charge in [-0.15, -0.1) is 0 Å². The Morgan fingerprint density at radius 3 is 2.42 bits per heavy atom. The highest BCUT2D eigenvalue weighted by Gasteiger charge is 2.34. The van der Waals surface area contributed by atoms with Gasteiger partial charge in [0.1, 0.15) is 5.82 Å². The number of nitrogens with one attached hydrogen (secondary N) is 1. The minimum atomic E-state index is -4.48. The van der Waals surface area contributed by atoms with Gasteiger partial charge in [0.25, 0.3) is 0 Å². The molecule has 0 aliphatic heterocycles. The highest BCUT2D eigenvalue weighted by Crippen LogP contribution is 2.32. The summed E-state index contributed by atoms with van der Waals surface area (Å²) in [6, 6.07) is 15.2. The summed E-state index contributed by atoms with van der Waals surface area (Å²) in [6.07, 6.45) is -3.50. The Morgan fingerprint density at radius 2 is 1.72 bits per heavy atom. The Balaban J connectivity index is 1.40. The molecule has 0 aliphatic rings. The van der Waals surface area contributed by atoms with Gasteiger partial charge in [-0.2, -0.15) is 21.9 Å². The molecule has 0 amide bonds. The van der Waals surface area contributed by atoms with Crippen LogP contribution >= 0.6 is 11.7 Å². The molecule has 0 saturated carbocycles. The predicted molar refractivity (Wildman–Crippen MR) is 134 cm³/mol. The van der Waals surface area contributed by atoms with E-state index >= 15 is 0 Å². The van der Waals surface area contributed by atoms with E-state index in [4.69, 9.17) is 4.98 Å². The normalized spacial score (nSPS) is 12.0. The number of halogens is 3. The number of benzene rings is 2. The smallest absolute Gasteiger partial charge is 0.364 e. The lowest BCUT2D eigenvalue weighted by atomic mass is 9.97. The Hall–Kier alpha value is -3.86. The predicted octanol–water partition coefficient (Wildman–Crippen LogP) is 6.30.